The summed E-state index contributed by atoms with van der Waals surface area (Å²) in [6, 6.07) is 14.9. The first-order valence-electron chi connectivity index (χ1n) is 5.06. The predicted molar refractivity (Wildman–Crippen MR) is 60.9 cm³/mol. The van der Waals surface area contributed by atoms with Crippen LogP contribution >= 0.6 is 0 Å². The van der Waals surface area contributed by atoms with E-state index in [1.54, 1.807) is 19.1 Å². The topological polar surface area (TPSA) is 40.1 Å². The number of hydrogen-bond acceptors (Lipinski definition) is 2. The third-order valence-corrected chi connectivity index (χ3v) is 2.64. The van der Waals surface area contributed by atoms with Crippen LogP contribution in [0.25, 0.3) is 11.1 Å². The van der Waals surface area contributed by atoms with Gasteiger partial charge in [-0.15, -0.1) is 0 Å². The smallest absolute Gasteiger partial charge is 0.0718 e. The van der Waals surface area contributed by atoms with Crippen LogP contribution in [0.1, 0.15) is 15.9 Å². The molecule has 0 radical (unpaired) electrons. The standard InChI is InChI=1S/C14H12O2/c1-10-12(11-6-3-2-4-7-11)8-5-9-13(10)14(15)16/h2-9H,1H3,(H,15,16)/p-1. The Labute approximate surface area is 94.2 Å². The summed E-state index contributed by atoms with van der Waals surface area (Å²) < 4.78 is 0. The molecule has 0 saturated heterocycles. The lowest BCUT2D eigenvalue weighted by Gasteiger charge is -2.11. The third kappa shape index (κ3) is 1.82. The van der Waals surface area contributed by atoms with Gasteiger partial charge in [0, 0.05) is 5.56 Å². The zero-order valence-electron chi connectivity index (χ0n) is 8.94. The van der Waals surface area contributed by atoms with Gasteiger partial charge in [0.25, 0.3) is 0 Å². The Balaban J connectivity index is 2.59. The van der Waals surface area contributed by atoms with Gasteiger partial charge in [-0.1, -0.05) is 48.5 Å². The van der Waals surface area contributed by atoms with E-state index in [2.05, 4.69) is 0 Å². The first-order valence-corrected chi connectivity index (χ1v) is 5.06. The van der Waals surface area contributed by atoms with Crippen molar-refractivity contribution in [1.82, 2.24) is 0 Å². The second kappa shape index (κ2) is 4.19. The SMILES string of the molecule is Cc1c(C(=O)[O-])cccc1-c1ccccc1. The highest BCUT2D eigenvalue weighted by atomic mass is 16.4. The lowest BCUT2D eigenvalue weighted by molar-refractivity contribution is -0.255. The molecule has 2 rings (SSSR count). The lowest BCUT2D eigenvalue weighted by atomic mass is 9.97. The Hall–Kier alpha value is -2.09. The van der Waals surface area contributed by atoms with E-state index in [-0.39, 0.29) is 5.56 Å². The molecule has 0 atom stereocenters. The Kier molecular flexibility index (Phi) is 2.73. The fraction of sp³-hybridized carbons (Fsp3) is 0.0714. The third-order valence-electron chi connectivity index (χ3n) is 2.64. The van der Waals surface area contributed by atoms with Gasteiger partial charge < -0.3 is 9.90 Å². The Bertz CT molecular complexity index is 516. The summed E-state index contributed by atoms with van der Waals surface area (Å²) >= 11 is 0. The summed E-state index contributed by atoms with van der Waals surface area (Å²) in [7, 11) is 0. The number of hydrogen-bond donors (Lipinski definition) is 0. The van der Waals surface area contributed by atoms with Gasteiger partial charge in [0.05, 0.1) is 5.97 Å². The highest BCUT2D eigenvalue weighted by molar-refractivity contribution is 5.90. The zero-order valence-corrected chi connectivity index (χ0v) is 8.94. The number of carboxylic acid groups (broad SMARTS) is 1. The monoisotopic (exact) mass is 211 g/mol. The van der Waals surface area contributed by atoms with E-state index in [1.807, 2.05) is 36.4 Å². The van der Waals surface area contributed by atoms with Gasteiger partial charge in [-0.05, 0) is 23.6 Å². The second-order valence-electron chi connectivity index (χ2n) is 3.63. The summed E-state index contributed by atoms with van der Waals surface area (Å²) in [6.45, 7) is 1.80. The maximum absolute atomic E-state index is 10.9. The molecule has 2 aromatic rings. The number of carbonyl (C=O) groups excluding carboxylic acids is 1. The minimum atomic E-state index is -1.13. The predicted octanol–water partition coefficient (Wildman–Crippen LogP) is 2.03. The normalized spacial score (nSPS) is 10.1. The van der Waals surface area contributed by atoms with Crippen molar-refractivity contribution in [2.24, 2.45) is 0 Å². The molecule has 0 aromatic heterocycles. The molecule has 0 aliphatic carbocycles. The van der Waals surface area contributed by atoms with Crippen LogP contribution in [0, 0.1) is 6.92 Å². The molecule has 0 heterocycles. The fourth-order valence-electron chi connectivity index (χ4n) is 1.79. The van der Waals surface area contributed by atoms with Crippen molar-refractivity contribution in [2.75, 3.05) is 0 Å². The van der Waals surface area contributed by atoms with Crippen LogP contribution in [0.15, 0.2) is 48.5 Å². The van der Waals surface area contributed by atoms with Crippen molar-refractivity contribution in [3.05, 3.63) is 59.7 Å². The van der Waals surface area contributed by atoms with E-state index in [0.717, 1.165) is 16.7 Å². The van der Waals surface area contributed by atoms with Crippen molar-refractivity contribution in [3.63, 3.8) is 0 Å². The molecule has 2 nitrogen and oxygen atoms in total. The van der Waals surface area contributed by atoms with Crippen LogP contribution in [0.2, 0.25) is 0 Å². The van der Waals surface area contributed by atoms with Gasteiger partial charge in [-0.3, -0.25) is 0 Å². The minimum Gasteiger partial charge on any atom is -0.545 e. The molecule has 2 heteroatoms. The molecule has 0 N–H and O–H groups in total. The molecular weight excluding hydrogens is 200 g/mol. The molecule has 2 aromatic carbocycles. The average molecular weight is 211 g/mol. The van der Waals surface area contributed by atoms with Gasteiger partial charge in [-0.25, -0.2) is 0 Å². The van der Waals surface area contributed by atoms with E-state index in [4.69, 9.17) is 0 Å². The van der Waals surface area contributed by atoms with Gasteiger partial charge in [-0.2, -0.15) is 0 Å². The van der Waals surface area contributed by atoms with Gasteiger partial charge in [0.1, 0.15) is 0 Å². The minimum absolute atomic E-state index is 0.251. The summed E-state index contributed by atoms with van der Waals surface area (Å²) in [4.78, 5) is 10.9. The molecule has 16 heavy (non-hydrogen) atoms. The number of carboxylic acids is 1. The highest BCUT2D eigenvalue weighted by Gasteiger charge is 2.05. The summed E-state index contributed by atoms with van der Waals surface area (Å²) in [5, 5.41) is 10.9. The van der Waals surface area contributed by atoms with Crippen LogP contribution in [-0.4, -0.2) is 5.97 Å². The molecule has 0 aliphatic heterocycles. The summed E-state index contributed by atoms with van der Waals surface area (Å²) in [6.07, 6.45) is 0. The van der Waals surface area contributed by atoms with Crippen molar-refractivity contribution >= 4 is 5.97 Å². The number of aromatic carboxylic acids is 1. The molecule has 0 aliphatic rings. The van der Waals surface area contributed by atoms with Crippen LogP contribution in [0.5, 0.6) is 0 Å². The maximum atomic E-state index is 10.9. The summed E-state index contributed by atoms with van der Waals surface area (Å²) in [5.74, 6) is -1.13. The first kappa shape index (κ1) is 10.4. The van der Waals surface area contributed by atoms with Crippen LogP contribution in [-0.2, 0) is 0 Å². The molecular formula is C14H11O2-. The van der Waals surface area contributed by atoms with Gasteiger partial charge >= 0.3 is 0 Å². The van der Waals surface area contributed by atoms with E-state index >= 15 is 0 Å². The molecule has 80 valence electrons. The number of carbonyl (C=O) groups is 1. The van der Waals surface area contributed by atoms with E-state index in [9.17, 15) is 9.90 Å². The first-order chi connectivity index (χ1) is 7.70. The van der Waals surface area contributed by atoms with Crippen molar-refractivity contribution in [3.8, 4) is 11.1 Å². The van der Waals surface area contributed by atoms with Crippen LogP contribution < -0.4 is 5.11 Å². The van der Waals surface area contributed by atoms with Gasteiger partial charge in [0.2, 0.25) is 0 Å². The number of benzene rings is 2. The van der Waals surface area contributed by atoms with E-state index in [1.165, 1.54) is 0 Å². The Morgan fingerprint density at radius 2 is 1.69 bits per heavy atom. The zero-order chi connectivity index (χ0) is 11.5. The van der Waals surface area contributed by atoms with E-state index in [0.29, 0.717) is 0 Å². The molecule has 0 bridgehead atoms. The Morgan fingerprint density at radius 3 is 2.31 bits per heavy atom. The van der Waals surface area contributed by atoms with Crippen molar-refractivity contribution in [2.45, 2.75) is 6.92 Å². The Morgan fingerprint density at radius 1 is 1.00 bits per heavy atom. The number of rotatable bonds is 2. The largest absolute Gasteiger partial charge is 0.545 e. The maximum Gasteiger partial charge on any atom is 0.0718 e. The van der Waals surface area contributed by atoms with Crippen molar-refractivity contribution < 1.29 is 9.90 Å². The van der Waals surface area contributed by atoms with Crippen LogP contribution in [0.4, 0.5) is 0 Å². The van der Waals surface area contributed by atoms with Gasteiger partial charge in [0.15, 0.2) is 0 Å². The average Bonchev–Trinajstić information content (AvgIpc) is 2.30. The van der Waals surface area contributed by atoms with Crippen molar-refractivity contribution in [1.29, 1.82) is 0 Å². The summed E-state index contributed by atoms with van der Waals surface area (Å²) in [5.41, 5.74) is 2.94. The molecule has 0 unspecified atom stereocenters. The second-order valence-corrected chi connectivity index (χ2v) is 3.63. The lowest BCUT2D eigenvalue weighted by Crippen LogP contribution is -2.23. The fourth-order valence-corrected chi connectivity index (χ4v) is 1.79. The molecule has 0 saturated carbocycles. The quantitative estimate of drug-likeness (QED) is 0.762. The molecule has 0 fully saturated rings. The van der Waals surface area contributed by atoms with E-state index < -0.39 is 5.97 Å². The molecule has 0 amide bonds. The molecule has 0 spiro atoms. The highest BCUT2D eigenvalue weighted by Crippen LogP contribution is 2.24. The van der Waals surface area contributed by atoms with Crippen LogP contribution in [0.3, 0.4) is 0 Å².